The molecule has 5 heterocycles. The van der Waals surface area contributed by atoms with E-state index in [2.05, 4.69) is 59.8 Å². The van der Waals surface area contributed by atoms with Crippen LogP contribution in [0.5, 0.6) is 82.6 Å². The van der Waals surface area contributed by atoms with E-state index in [-0.39, 0.29) is 79.9 Å². The van der Waals surface area contributed by atoms with Crippen LogP contribution in [0.25, 0.3) is 22.8 Å². The summed E-state index contributed by atoms with van der Waals surface area (Å²) < 4.78 is 58.6. The second-order valence-corrected chi connectivity index (χ2v) is 14.8. The van der Waals surface area contributed by atoms with Crippen LogP contribution in [-0.4, -0.2) is 100 Å². The van der Waals surface area contributed by atoms with Crippen molar-refractivity contribution in [2.24, 2.45) is 0 Å². The molecule has 0 aliphatic carbocycles. The van der Waals surface area contributed by atoms with Gasteiger partial charge in [0.1, 0.15) is 0 Å². The maximum atomic E-state index is 13.4. The second-order valence-electron chi connectivity index (χ2n) is 14.1. The molecule has 0 saturated heterocycles. The van der Waals surface area contributed by atoms with E-state index in [1.807, 2.05) is 38.1 Å². The monoisotopic (exact) mass is 988 g/mol. The predicted molar refractivity (Wildman–Crippen MR) is 239 cm³/mol. The van der Waals surface area contributed by atoms with Crippen LogP contribution in [0.3, 0.4) is 0 Å². The number of nitrogens with zero attached hydrogens (tertiary/aromatic N) is 12. The molecule has 0 unspecified atom stereocenters. The molecule has 0 atom stereocenters. The van der Waals surface area contributed by atoms with E-state index in [1.54, 1.807) is 24.3 Å². The molecule has 0 saturated carbocycles. The molecular weight excluding hydrogens is 959 g/mol. The molecule has 352 valence electrons. The SMILES string of the molecule is COC(=O)c1cc2c(Oc3nc(Cl)nc(OC)n3)c(c1)Oc1nc(nc(-c3ccc(C)cc3)n1)Oc1cc(C(=O)OC)cc(c1Oc1nc(Cl)nc(OC)n1)Oc1nc(nc(-c3ccc(C)cc3)n1)O2. The molecule has 9 rings (SSSR count). The van der Waals surface area contributed by atoms with Gasteiger partial charge in [-0.15, -0.1) is 19.9 Å². The fraction of sp³-hybridized carbons (Fsp3) is 0.136. The number of ether oxygens (including phenoxy) is 10. The molecule has 1 aliphatic heterocycles. The van der Waals surface area contributed by atoms with Gasteiger partial charge in [0, 0.05) is 11.1 Å². The summed E-state index contributed by atoms with van der Waals surface area (Å²) in [5.41, 5.74) is 2.51. The van der Waals surface area contributed by atoms with Gasteiger partial charge in [-0.1, -0.05) is 59.7 Å². The lowest BCUT2D eigenvalue weighted by Gasteiger charge is -2.19. The number of methoxy groups -OCH3 is 4. The molecule has 26 heteroatoms. The number of rotatable bonds is 10. The van der Waals surface area contributed by atoms with Gasteiger partial charge in [-0.05, 0) is 61.3 Å². The Bertz CT molecular complexity index is 3030. The van der Waals surface area contributed by atoms with Crippen LogP contribution in [-0.2, 0) is 9.47 Å². The molecule has 0 spiro atoms. The van der Waals surface area contributed by atoms with Gasteiger partial charge in [0.25, 0.3) is 0 Å². The minimum atomic E-state index is -0.843. The maximum Gasteiger partial charge on any atom is 0.338 e. The van der Waals surface area contributed by atoms with Gasteiger partial charge in [0.2, 0.25) is 22.1 Å². The summed E-state index contributed by atoms with van der Waals surface area (Å²) in [7, 11) is 4.94. The first-order valence-corrected chi connectivity index (χ1v) is 20.8. The van der Waals surface area contributed by atoms with Crippen molar-refractivity contribution in [3.63, 3.8) is 0 Å². The fourth-order valence-electron chi connectivity index (χ4n) is 6.13. The summed E-state index contributed by atoms with van der Waals surface area (Å²) in [4.78, 5) is 78.3. The van der Waals surface area contributed by atoms with Crippen molar-refractivity contribution in [2.75, 3.05) is 28.4 Å². The first kappa shape index (κ1) is 46.0. The third-order valence-corrected chi connectivity index (χ3v) is 9.72. The van der Waals surface area contributed by atoms with Gasteiger partial charge in [-0.25, -0.2) is 9.59 Å². The summed E-state index contributed by atoms with van der Waals surface area (Å²) in [5, 5.41) is -0.618. The van der Waals surface area contributed by atoms with Crippen molar-refractivity contribution in [2.45, 2.75) is 13.8 Å². The quantitative estimate of drug-likeness (QED) is 0.116. The van der Waals surface area contributed by atoms with E-state index >= 15 is 0 Å². The molecule has 24 nitrogen and oxygen atoms in total. The number of carbonyl (C=O) groups is 2. The standard InChI is InChI=1S/C44H30Cl2N12O12/c1-19-7-11-21(12-8-19)31-47-39-57-40(48-31)66-26-16-24(34(60)62-4)18-28(30(26)70-44-54-36(46)52-38(56-44)64-6)68-42-50-32(22-13-9-20(2)10-14-22)49-41(58-42)67-27-17-23(33(59)61-3)15-25(65-39)29(27)69-43-53-35(45)51-37(55-43)63-5/h7-18H,1-6H3. The van der Waals surface area contributed by atoms with Crippen LogP contribution in [0.4, 0.5) is 0 Å². The molecule has 1 aliphatic rings. The van der Waals surface area contributed by atoms with E-state index in [9.17, 15) is 9.59 Å². The Morgan fingerprint density at radius 3 is 1.04 bits per heavy atom. The molecule has 8 aromatic rings. The summed E-state index contributed by atoms with van der Waals surface area (Å²) in [6, 6.07) is 16.1. The largest absolute Gasteiger partial charge is 0.467 e. The highest BCUT2D eigenvalue weighted by Crippen LogP contribution is 2.47. The Kier molecular flexibility index (Phi) is 12.9. The van der Waals surface area contributed by atoms with Gasteiger partial charge < -0.3 is 47.4 Å². The Morgan fingerprint density at radius 2 is 0.743 bits per heavy atom. The molecule has 0 radical (unpaired) electrons. The molecule has 0 fully saturated rings. The minimum Gasteiger partial charge on any atom is -0.467 e. The molecule has 70 heavy (non-hydrogen) atoms. The topological polar surface area (TPSA) is 281 Å². The Balaban J connectivity index is 1.34. The maximum absolute atomic E-state index is 13.4. The summed E-state index contributed by atoms with van der Waals surface area (Å²) in [6.07, 6.45) is 0. The van der Waals surface area contributed by atoms with Crippen LogP contribution < -0.4 is 37.9 Å². The highest BCUT2D eigenvalue weighted by Gasteiger charge is 2.29. The molecule has 8 bridgehead atoms. The average Bonchev–Trinajstić information content (AvgIpc) is 3.34. The summed E-state index contributed by atoms with van der Waals surface area (Å²) in [5.74, 6) is -3.55. The third kappa shape index (κ3) is 10.2. The van der Waals surface area contributed by atoms with E-state index < -0.39 is 48.0 Å². The lowest BCUT2D eigenvalue weighted by atomic mass is 10.1. The van der Waals surface area contributed by atoms with Crippen molar-refractivity contribution < 1.29 is 57.0 Å². The molecule has 4 aromatic heterocycles. The Hall–Kier alpha value is -9.16. The number of aryl methyl sites for hydroxylation is 2. The number of benzene rings is 4. The van der Waals surface area contributed by atoms with Gasteiger partial charge in [0.15, 0.2) is 34.6 Å². The van der Waals surface area contributed by atoms with Crippen molar-refractivity contribution >= 4 is 35.1 Å². The number of halogens is 2. The zero-order valence-corrected chi connectivity index (χ0v) is 38.5. The highest BCUT2D eigenvalue weighted by atomic mass is 35.5. The normalized spacial score (nSPS) is 11.4. The number of fused-ring (bicyclic) bond motifs is 8. The second kappa shape index (κ2) is 19.6. The molecule has 4 aromatic carbocycles. The first-order valence-electron chi connectivity index (χ1n) is 20.0. The smallest absolute Gasteiger partial charge is 0.338 e. The number of carbonyl (C=O) groups excluding carboxylic acids is 2. The third-order valence-electron chi connectivity index (χ3n) is 9.38. The van der Waals surface area contributed by atoms with Gasteiger partial charge in [0.05, 0.1) is 39.6 Å². The lowest BCUT2D eigenvalue weighted by molar-refractivity contribution is 0.0591. The van der Waals surface area contributed by atoms with Crippen molar-refractivity contribution in [3.8, 4) is 105 Å². The average molecular weight is 990 g/mol. The zero-order valence-electron chi connectivity index (χ0n) is 36.9. The first-order chi connectivity index (χ1) is 33.8. The highest BCUT2D eigenvalue weighted by molar-refractivity contribution is 6.28. The van der Waals surface area contributed by atoms with Crippen molar-refractivity contribution in [1.29, 1.82) is 0 Å². The zero-order chi connectivity index (χ0) is 49.1. The number of esters is 2. The van der Waals surface area contributed by atoms with Gasteiger partial charge in [-0.3, -0.25) is 0 Å². The molecule has 0 N–H and O–H groups in total. The van der Waals surface area contributed by atoms with Crippen molar-refractivity contribution in [1.82, 2.24) is 59.8 Å². The van der Waals surface area contributed by atoms with Crippen molar-refractivity contribution in [3.05, 3.63) is 106 Å². The number of hydrogen-bond donors (Lipinski definition) is 0. The van der Waals surface area contributed by atoms with Crippen LogP contribution in [0, 0.1) is 13.8 Å². The van der Waals surface area contributed by atoms with Crippen LogP contribution in [0.2, 0.25) is 10.6 Å². The summed E-state index contributed by atoms with van der Waals surface area (Å²) >= 11 is 12.5. The Morgan fingerprint density at radius 1 is 0.429 bits per heavy atom. The van der Waals surface area contributed by atoms with Crippen LogP contribution in [0.15, 0.2) is 72.8 Å². The van der Waals surface area contributed by atoms with E-state index in [0.29, 0.717) is 11.1 Å². The van der Waals surface area contributed by atoms with Crippen LogP contribution >= 0.6 is 23.2 Å². The van der Waals surface area contributed by atoms with E-state index in [0.717, 1.165) is 11.1 Å². The Labute approximate surface area is 403 Å². The minimum absolute atomic E-state index is 0.00595. The van der Waals surface area contributed by atoms with E-state index in [1.165, 1.54) is 52.7 Å². The predicted octanol–water partition coefficient (Wildman–Crippen LogP) is 8.34. The number of hydrogen-bond acceptors (Lipinski definition) is 24. The summed E-state index contributed by atoms with van der Waals surface area (Å²) in [6.45, 7) is 3.79. The van der Waals surface area contributed by atoms with Gasteiger partial charge in [-0.2, -0.15) is 39.9 Å². The number of aromatic nitrogens is 12. The van der Waals surface area contributed by atoms with Crippen LogP contribution in [0.1, 0.15) is 31.8 Å². The molecule has 0 amide bonds. The van der Waals surface area contributed by atoms with Gasteiger partial charge >= 0.3 is 60.0 Å². The fourth-order valence-corrected chi connectivity index (χ4v) is 6.42. The van der Waals surface area contributed by atoms with E-state index in [4.69, 9.17) is 70.6 Å². The lowest BCUT2D eigenvalue weighted by Crippen LogP contribution is -2.09. The molecular formula is C44H30Cl2N12O12.